The average molecular weight is 284 g/mol. The maximum Gasteiger partial charge on any atom is 0.293 e. The number of benzene rings is 1. The van der Waals surface area contributed by atoms with E-state index in [4.69, 9.17) is 10.2 Å². The third-order valence-corrected chi connectivity index (χ3v) is 4.08. The molecular formula is C17H20N2O2. The van der Waals surface area contributed by atoms with E-state index in [1.807, 2.05) is 38.1 Å². The second kappa shape index (κ2) is 5.28. The summed E-state index contributed by atoms with van der Waals surface area (Å²) < 4.78 is 5.70. The normalized spacial score (nSPS) is 14.1. The molecule has 0 bridgehead atoms. The van der Waals surface area contributed by atoms with Gasteiger partial charge in [-0.3, -0.25) is 4.79 Å². The Morgan fingerprint density at radius 1 is 1.43 bits per heavy atom. The number of anilines is 2. The van der Waals surface area contributed by atoms with Gasteiger partial charge in [-0.25, -0.2) is 0 Å². The molecule has 1 aliphatic rings. The van der Waals surface area contributed by atoms with E-state index in [-0.39, 0.29) is 5.91 Å². The molecule has 1 aliphatic heterocycles. The number of carbonyl (C=O) groups excluding carboxylic acids is 1. The highest BCUT2D eigenvalue weighted by atomic mass is 16.4. The van der Waals surface area contributed by atoms with Gasteiger partial charge in [-0.05, 0) is 49.1 Å². The van der Waals surface area contributed by atoms with Crippen molar-refractivity contribution in [3.8, 4) is 0 Å². The van der Waals surface area contributed by atoms with Gasteiger partial charge in [-0.2, -0.15) is 0 Å². The van der Waals surface area contributed by atoms with E-state index in [0.717, 1.165) is 47.5 Å². The molecule has 1 amide bonds. The molecule has 2 heterocycles. The van der Waals surface area contributed by atoms with Gasteiger partial charge in [0.1, 0.15) is 5.76 Å². The zero-order valence-electron chi connectivity index (χ0n) is 12.5. The van der Waals surface area contributed by atoms with Crippen LogP contribution < -0.4 is 10.6 Å². The number of nitrogens with two attached hydrogens (primary N) is 1. The van der Waals surface area contributed by atoms with Crippen molar-refractivity contribution in [3.63, 3.8) is 0 Å². The van der Waals surface area contributed by atoms with Crippen molar-refractivity contribution in [3.05, 3.63) is 46.9 Å². The lowest BCUT2D eigenvalue weighted by Crippen LogP contribution is -2.35. The van der Waals surface area contributed by atoms with E-state index in [1.54, 1.807) is 4.90 Å². The number of nitrogen functional groups attached to an aromatic ring is 1. The molecule has 2 aromatic rings. The van der Waals surface area contributed by atoms with Gasteiger partial charge in [0, 0.05) is 24.3 Å². The number of hydrogen-bond acceptors (Lipinski definition) is 3. The van der Waals surface area contributed by atoms with Crippen LogP contribution in [0.1, 0.15) is 40.8 Å². The number of fused-ring (bicyclic) bond motifs is 1. The Balaban J connectivity index is 1.98. The van der Waals surface area contributed by atoms with Crippen LogP contribution in [0.3, 0.4) is 0 Å². The van der Waals surface area contributed by atoms with Gasteiger partial charge in [0.25, 0.3) is 5.91 Å². The van der Waals surface area contributed by atoms with E-state index < -0.39 is 0 Å². The summed E-state index contributed by atoms with van der Waals surface area (Å²) in [7, 11) is 0. The first kappa shape index (κ1) is 13.7. The van der Waals surface area contributed by atoms with Crippen LogP contribution >= 0.6 is 0 Å². The fourth-order valence-electron chi connectivity index (χ4n) is 2.97. The number of nitrogens with zero attached hydrogens (tertiary/aromatic N) is 1. The summed E-state index contributed by atoms with van der Waals surface area (Å²) in [6.45, 7) is 4.70. The molecule has 0 radical (unpaired) electrons. The largest absolute Gasteiger partial charge is 0.456 e. The van der Waals surface area contributed by atoms with Gasteiger partial charge >= 0.3 is 0 Å². The number of furan rings is 1. The molecule has 0 saturated heterocycles. The van der Waals surface area contributed by atoms with Gasteiger partial charge in [0.15, 0.2) is 5.76 Å². The molecule has 0 atom stereocenters. The maximum absolute atomic E-state index is 12.7. The molecule has 1 aromatic heterocycles. The molecule has 3 rings (SSSR count). The predicted octanol–water partition coefficient (Wildman–Crippen LogP) is 3.33. The lowest BCUT2D eigenvalue weighted by atomic mass is 9.99. The van der Waals surface area contributed by atoms with Gasteiger partial charge in [-0.15, -0.1) is 0 Å². The Morgan fingerprint density at radius 3 is 2.95 bits per heavy atom. The van der Waals surface area contributed by atoms with Crippen LogP contribution in [-0.2, 0) is 12.8 Å². The van der Waals surface area contributed by atoms with Crippen LogP contribution in [0.25, 0.3) is 0 Å². The maximum atomic E-state index is 12.7. The Hall–Kier alpha value is -2.23. The van der Waals surface area contributed by atoms with Crippen molar-refractivity contribution in [1.29, 1.82) is 0 Å². The van der Waals surface area contributed by atoms with E-state index in [2.05, 4.69) is 0 Å². The monoisotopic (exact) mass is 284 g/mol. The van der Waals surface area contributed by atoms with Crippen LogP contribution in [0.4, 0.5) is 11.4 Å². The van der Waals surface area contributed by atoms with Crippen molar-refractivity contribution in [1.82, 2.24) is 0 Å². The van der Waals surface area contributed by atoms with Crippen molar-refractivity contribution >= 4 is 17.3 Å². The second-order valence-electron chi connectivity index (χ2n) is 5.48. The van der Waals surface area contributed by atoms with Gasteiger partial charge in [0.2, 0.25) is 0 Å². The standard InChI is InChI=1S/C17H20N2O2/c1-3-15-11(2)10-16(21-15)17(20)19-9-5-6-12-13(18)7-4-8-14(12)19/h4,7-8,10H,3,5-6,9,18H2,1-2H3. The zero-order chi connectivity index (χ0) is 15.0. The van der Waals surface area contributed by atoms with Crippen LogP contribution in [0.15, 0.2) is 28.7 Å². The molecule has 0 aliphatic carbocycles. The highest BCUT2D eigenvalue weighted by Gasteiger charge is 2.27. The molecule has 0 unspecified atom stereocenters. The molecule has 110 valence electrons. The van der Waals surface area contributed by atoms with E-state index in [1.165, 1.54) is 0 Å². The minimum Gasteiger partial charge on any atom is -0.456 e. The van der Waals surface area contributed by atoms with Gasteiger partial charge in [0.05, 0.1) is 0 Å². The summed E-state index contributed by atoms with van der Waals surface area (Å²) in [6.07, 6.45) is 2.64. The second-order valence-corrected chi connectivity index (χ2v) is 5.48. The molecule has 2 N–H and O–H groups in total. The van der Waals surface area contributed by atoms with Crippen LogP contribution in [0.2, 0.25) is 0 Å². The third-order valence-electron chi connectivity index (χ3n) is 4.08. The minimum atomic E-state index is -0.0793. The van der Waals surface area contributed by atoms with Gasteiger partial charge < -0.3 is 15.1 Å². The van der Waals surface area contributed by atoms with Gasteiger partial charge in [-0.1, -0.05) is 13.0 Å². The fourth-order valence-corrected chi connectivity index (χ4v) is 2.97. The smallest absolute Gasteiger partial charge is 0.293 e. The molecule has 4 nitrogen and oxygen atoms in total. The number of carbonyl (C=O) groups is 1. The summed E-state index contributed by atoms with van der Waals surface area (Å²) in [5.41, 5.74) is 9.80. The molecule has 0 spiro atoms. The Kier molecular flexibility index (Phi) is 3.45. The molecule has 0 fully saturated rings. The molecule has 1 aromatic carbocycles. The zero-order valence-corrected chi connectivity index (χ0v) is 12.5. The number of aryl methyl sites for hydroxylation is 2. The number of amides is 1. The molecule has 21 heavy (non-hydrogen) atoms. The Bertz CT molecular complexity index is 688. The number of rotatable bonds is 2. The quantitative estimate of drug-likeness (QED) is 0.860. The Labute approximate surface area is 124 Å². The summed E-state index contributed by atoms with van der Waals surface area (Å²) in [4.78, 5) is 14.5. The van der Waals surface area contributed by atoms with Crippen molar-refractivity contribution in [2.24, 2.45) is 0 Å². The van der Waals surface area contributed by atoms with Crippen molar-refractivity contribution < 1.29 is 9.21 Å². The molecule has 0 saturated carbocycles. The summed E-state index contributed by atoms with van der Waals surface area (Å²) in [6, 6.07) is 7.57. The van der Waals surface area contributed by atoms with E-state index in [0.29, 0.717) is 12.3 Å². The Morgan fingerprint density at radius 2 is 2.24 bits per heavy atom. The van der Waals surface area contributed by atoms with Crippen molar-refractivity contribution in [2.75, 3.05) is 17.2 Å². The highest BCUT2D eigenvalue weighted by molar-refractivity contribution is 6.05. The first-order valence-electron chi connectivity index (χ1n) is 7.40. The van der Waals surface area contributed by atoms with Crippen LogP contribution in [-0.4, -0.2) is 12.5 Å². The first-order chi connectivity index (χ1) is 10.1. The third kappa shape index (κ3) is 2.31. The topological polar surface area (TPSA) is 59.5 Å². The minimum absolute atomic E-state index is 0.0793. The highest BCUT2D eigenvalue weighted by Crippen LogP contribution is 2.32. The summed E-state index contributed by atoms with van der Waals surface area (Å²) >= 11 is 0. The molecular weight excluding hydrogens is 264 g/mol. The SMILES string of the molecule is CCc1oc(C(=O)N2CCCc3c(N)cccc32)cc1C. The van der Waals surface area contributed by atoms with E-state index >= 15 is 0 Å². The lowest BCUT2D eigenvalue weighted by molar-refractivity contribution is 0.0957. The molecule has 4 heteroatoms. The van der Waals surface area contributed by atoms with Crippen LogP contribution in [0, 0.1) is 6.92 Å². The van der Waals surface area contributed by atoms with E-state index in [9.17, 15) is 4.79 Å². The average Bonchev–Trinajstić information content (AvgIpc) is 2.87. The summed E-state index contributed by atoms with van der Waals surface area (Å²) in [5.74, 6) is 1.21. The fraction of sp³-hybridized carbons (Fsp3) is 0.353. The van der Waals surface area contributed by atoms with Crippen molar-refractivity contribution in [2.45, 2.75) is 33.1 Å². The predicted molar refractivity (Wildman–Crippen MR) is 83.7 cm³/mol. The summed E-state index contributed by atoms with van der Waals surface area (Å²) in [5, 5.41) is 0. The number of hydrogen-bond donors (Lipinski definition) is 1. The lowest BCUT2D eigenvalue weighted by Gasteiger charge is -2.29. The first-order valence-corrected chi connectivity index (χ1v) is 7.40. The van der Waals surface area contributed by atoms with Crippen LogP contribution in [0.5, 0.6) is 0 Å².